The lowest BCUT2D eigenvalue weighted by Crippen LogP contribution is -2.58. The Morgan fingerprint density at radius 2 is 1.81 bits per heavy atom. The fraction of sp³-hybridized carbons (Fsp3) is 0.750. The number of aromatic nitrogens is 3. The average molecular weight is 383 g/mol. The van der Waals surface area contributed by atoms with Gasteiger partial charge in [0.15, 0.2) is 0 Å². The fourth-order valence-electron chi connectivity index (χ4n) is 4.59. The maximum Gasteiger partial charge on any atom is 0.335 e. The van der Waals surface area contributed by atoms with Gasteiger partial charge in [0.2, 0.25) is 16.0 Å². The highest BCUT2D eigenvalue weighted by Crippen LogP contribution is 2.64. The molecular weight excluding hydrogens is 358 g/mol. The maximum atomic E-state index is 13.1. The van der Waals surface area contributed by atoms with Gasteiger partial charge in [0.25, 0.3) is 0 Å². The molecule has 2 aliphatic carbocycles. The molecule has 10 heteroatoms. The van der Waals surface area contributed by atoms with Crippen LogP contribution in [0.15, 0.2) is 0 Å². The summed E-state index contributed by atoms with van der Waals surface area (Å²) < 4.78 is 32.3. The van der Waals surface area contributed by atoms with E-state index in [4.69, 9.17) is 4.74 Å². The number of ether oxygens (including phenoxy) is 1. The van der Waals surface area contributed by atoms with E-state index >= 15 is 0 Å². The third-order valence-electron chi connectivity index (χ3n) is 6.43. The third kappa shape index (κ3) is 2.70. The van der Waals surface area contributed by atoms with Crippen LogP contribution in [0, 0.1) is 24.2 Å². The van der Waals surface area contributed by atoms with E-state index in [9.17, 15) is 13.2 Å². The Bertz CT molecular complexity index is 841. The van der Waals surface area contributed by atoms with Crippen LogP contribution in [0.25, 0.3) is 0 Å². The number of amides is 2. The standard InChI is InChI=1S/C16H25N5O4S/c1-9-17-12(20-14(18-9)25-5)19-13(22)21-26(23,24)16(4)11-7-6-10(8-11)15(16,2)3/h10-11H,6-8H2,1-5H3,(H2,17,18,19,20,21,22). The number of nitrogens with one attached hydrogen (secondary N) is 2. The van der Waals surface area contributed by atoms with E-state index in [1.54, 1.807) is 13.8 Å². The lowest BCUT2D eigenvalue weighted by molar-refractivity contribution is 0.156. The summed E-state index contributed by atoms with van der Waals surface area (Å²) in [5.41, 5.74) is -0.408. The molecule has 2 bridgehead atoms. The Kier molecular flexibility index (Phi) is 4.37. The number of rotatable bonds is 4. The molecule has 2 saturated carbocycles. The largest absolute Gasteiger partial charge is 0.467 e. The van der Waals surface area contributed by atoms with Crippen molar-refractivity contribution in [2.75, 3.05) is 12.4 Å². The smallest absolute Gasteiger partial charge is 0.335 e. The number of carbonyl (C=O) groups is 1. The number of hydrogen-bond donors (Lipinski definition) is 2. The quantitative estimate of drug-likeness (QED) is 0.813. The van der Waals surface area contributed by atoms with Crippen molar-refractivity contribution in [3.8, 4) is 6.01 Å². The van der Waals surface area contributed by atoms with Gasteiger partial charge in [-0.2, -0.15) is 15.0 Å². The maximum absolute atomic E-state index is 13.1. The highest BCUT2D eigenvalue weighted by Gasteiger charge is 2.66. The first-order valence-electron chi connectivity index (χ1n) is 8.61. The normalized spacial score (nSPS) is 29.4. The predicted octanol–water partition coefficient (Wildman–Crippen LogP) is 1.85. The highest BCUT2D eigenvalue weighted by atomic mass is 32.2. The summed E-state index contributed by atoms with van der Waals surface area (Å²) in [6.45, 7) is 7.33. The number of aryl methyl sites for hydroxylation is 1. The molecule has 2 aliphatic rings. The van der Waals surface area contributed by atoms with Gasteiger partial charge in [0, 0.05) is 0 Å². The van der Waals surface area contributed by atoms with Crippen LogP contribution in [0.2, 0.25) is 0 Å². The fourth-order valence-corrected chi connectivity index (χ4v) is 6.61. The van der Waals surface area contributed by atoms with Crippen LogP contribution in [0.4, 0.5) is 10.7 Å². The zero-order chi connectivity index (χ0) is 19.3. The highest BCUT2D eigenvalue weighted by molar-refractivity contribution is 7.91. The number of sulfonamides is 1. The van der Waals surface area contributed by atoms with Crippen molar-refractivity contribution in [1.82, 2.24) is 19.7 Å². The number of hydrogen-bond acceptors (Lipinski definition) is 7. The van der Waals surface area contributed by atoms with Gasteiger partial charge >= 0.3 is 12.0 Å². The summed E-state index contributed by atoms with van der Waals surface area (Å²) >= 11 is 0. The second-order valence-corrected chi connectivity index (χ2v) is 9.85. The molecule has 1 heterocycles. The minimum absolute atomic E-state index is 0.0388. The Labute approximate surface area is 153 Å². The van der Waals surface area contributed by atoms with Crippen LogP contribution in [-0.4, -0.2) is 41.3 Å². The molecule has 26 heavy (non-hydrogen) atoms. The van der Waals surface area contributed by atoms with Gasteiger partial charge in [-0.1, -0.05) is 13.8 Å². The van der Waals surface area contributed by atoms with E-state index < -0.39 is 26.2 Å². The van der Waals surface area contributed by atoms with Gasteiger partial charge in [-0.3, -0.25) is 5.32 Å². The van der Waals surface area contributed by atoms with Crippen LogP contribution < -0.4 is 14.8 Å². The first-order chi connectivity index (χ1) is 12.0. The molecule has 0 aliphatic heterocycles. The van der Waals surface area contributed by atoms with E-state index in [0.717, 1.165) is 19.3 Å². The minimum atomic E-state index is -3.91. The van der Waals surface area contributed by atoms with Crippen LogP contribution in [0.5, 0.6) is 6.01 Å². The van der Waals surface area contributed by atoms with Crippen molar-refractivity contribution in [3.63, 3.8) is 0 Å². The first-order valence-corrected chi connectivity index (χ1v) is 10.1. The average Bonchev–Trinajstić information content (AvgIpc) is 3.08. The van der Waals surface area contributed by atoms with Crippen molar-refractivity contribution in [3.05, 3.63) is 5.82 Å². The molecule has 3 unspecified atom stereocenters. The molecule has 3 atom stereocenters. The lowest BCUT2D eigenvalue weighted by atomic mass is 9.69. The monoisotopic (exact) mass is 383 g/mol. The Balaban J connectivity index is 1.80. The zero-order valence-corrected chi connectivity index (χ0v) is 16.5. The Morgan fingerprint density at radius 1 is 1.15 bits per heavy atom. The molecule has 0 saturated heterocycles. The Hall–Kier alpha value is -1.97. The molecule has 0 aromatic carbocycles. The SMILES string of the molecule is COc1nc(C)nc(NC(=O)NS(=O)(=O)C2(C)C3CCC(C3)C2(C)C)n1. The molecule has 0 spiro atoms. The molecule has 2 amide bonds. The van der Waals surface area contributed by atoms with Crippen molar-refractivity contribution in [2.45, 2.75) is 51.7 Å². The summed E-state index contributed by atoms with van der Waals surface area (Å²) in [5.74, 6) is 0.676. The van der Waals surface area contributed by atoms with E-state index in [2.05, 4.69) is 25.0 Å². The summed E-state index contributed by atoms with van der Waals surface area (Å²) in [7, 11) is -2.52. The van der Waals surface area contributed by atoms with E-state index in [-0.39, 0.29) is 17.9 Å². The van der Waals surface area contributed by atoms with E-state index in [0.29, 0.717) is 11.7 Å². The molecule has 1 aromatic heterocycles. The van der Waals surface area contributed by atoms with Gasteiger partial charge < -0.3 is 4.74 Å². The van der Waals surface area contributed by atoms with E-state index in [1.165, 1.54) is 7.11 Å². The summed E-state index contributed by atoms with van der Waals surface area (Å²) in [6.07, 6.45) is 2.80. The van der Waals surface area contributed by atoms with Gasteiger partial charge in [0.1, 0.15) is 5.82 Å². The predicted molar refractivity (Wildman–Crippen MR) is 95.2 cm³/mol. The second-order valence-electron chi connectivity index (χ2n) is 7.79. The number of methoxy groups -OCH3 is 1. The molecule has 144 valence electrons. The van der Waals surface area contributed by atoms with E-state index in [1.807, 2.05) is 13.8 Å². The zero-order valence-electron chi connectivity index (χ0n) is 15.7. The van der Waals surface area contributed by atoms with Gasteiger partial charge in [-0.05, 0) is 50.4 Å². The number of carbonyl (C=O) groups excluding carboxylic acids is 1. The number of urea groups is 1. The van der Waals surface area contributed by atoms with Crippen LogP contribution in [0.3, 0.4) is 0 Å². The second kappa shape index (κ2) is 6.04. The van der Waals surface area contributed by atoms with Crippen molar-refractivity contribution in [1.29, 1.82) is 0 Å². The summed E-state index contributed by atoms with van der Waals surface area (Å²) in [5, 5.41) is 2.35. The van der Waals surface area contributed by atoms with Crippen molar-refractivity contribution >= 4 is 22.0 Å². The molecule has 2 fully saturated rings. The van der Waals surface area contributed by atoms with Crippen molar-refractivity contribution < 1.29 is 17.9 Å². The van der Waals surface area contributed by atoms with Crippen LogP contribution >= 0.6 is 0 Å². The molecule has 0 radical (unpaired) electrons. The lowest BCUT2D eigenvalue weighted by Gasteiger charge is -2.46. The first kappa shape index (κ1) is 18.8. The topological polar surface area (TPSA) is 123 Å². The van der Waals surface area contributed by atoms with Gasteiger partial charge in [0.05, 0.1) is 11.9 Å². The molecule has 1 aromatic rings. The third-order valence-corrected chi connectivity index (χ3v) is 8.86. The van der Waals surface area contributed by atoms with Crippen LogP contribution in [0.1, 0.15) is 45.9 Å². The summed E-state index contributed by atoms with van der Waals surface area (Å²) in [6, 6.07) is -0.852. The molecule has 9 nitrogen and oxygen atoms in total. The minimum Gasteiger partial charge on any atom is -0.467 e. The number of fused-ring (bicyclic) bond motifs is 2. The molecular formula is C16H25N5O4S. The number of anilines is 1. The van der Waals surface area contributed by atoms with Gasteiger partial charge in [-0.15, -0.1) is 0 Å². The van der Waals surface area contributed by atoms with Gasteiger partial charge in [-0.25, -0.2) is 17.9 Å². The molecule has 2 N–H and O–H groups in total. The summed E-state index contributed by atoms with van der Waals surface area (Å²) in [4.78, 5) is 24.1. The number of nitrogens with zero attached hydrogens (tertiary/aromatic N) is 3. The molecule has 3 rings (SSSR count). The van der Waals surface area contributed by atoms with Crippen LogP contribution in [-0.2, 0) is 10.0 Å². The van der Waals surface area contributed by atoms with Crippen molar-refractivity contribution in [2.24, 2.45) is 17.3 Å². The Morgan fingerprint density at radius 3 is 2.38 bits per heavy atom.